The molecule has 0 saturated heterocycles. The van der Waals surface area contributed by atoms with E-state index in [4.69, 9.17) is 5.73 Å². The predicted molar refractivity (Wildman–Crippen MR) is 113 cm³/mol. The highest BCUT2D eigenvalue weighted by molar-refractivity contribution is 9.10. The van der Waals surface area contributed by atoms with Crippen LogP contribution in [-0.4, -0.2) is 21.7 Å². The van der Waals surface area contributed by atoms with Crippen molar-refractivity contribution >= 4 is 27.6 Å². The van der Waals surface area contributed by atoms with Gasteiger partial charge in [0.25, 0.3) is 5.91 Å². The number of nitrogens with zero attached hydrogens (tertiary/aromatic N) is 3. The highest BCUT2D eigenvalue weighted by Crippen LogP contribution is 2.44. The molecule has 7 nitrogen and oxygen atoms in total. The van der Waals surface area contributed by atoms with Gasteiger partial charge in [-0.25, -0.2) is 5.01 Å². The number of rotatable bonds is 3. The molecule has 1 atom stereocenters. The second-order valence-electron chi connectivity index (χ2n) is 7.05. The average Bonchev–Trinajstić information content (AvgIpc) is 2.76. The Bertz CT molecular complexity index is 1120. The van der Waals surface area contributed by atoms with Crippen LogP contribution in [0.1, 0.15) is 41.1 Å². The lowest BCUT2D eigenvalue weighted by atomic mass is 9.76. The van der Waals surface area contributed by atoms with E-state index < -0.39 is 11.8 Å². The minimum absolute atomic E-state index is 0.0370. The zero-order chi connectivity index (χ0) is 21.3. The molecule has 1 aromatic carbocycles. The third-order valence-electron chi connectivity index (χ3n) is 5.25. The maximum atomic E-state index is 13.0. The van der Waals surface area contributed by atoms with Crippen LogP contribution in [0.2, 0.25) is 0 Å². The van der Waals surface area contributed by atoms with Gasteiger partial charge in [-0.2, -0.15) is 5.26 Å². The number of halogens is 1. The quantitative estimate of drug-likeness (QED) is 0.721. The number of amides is 1. The van der Waals surface area contributed by atoms with Gasteiger partial charge in [0.05, 0.1) is 23.1 Å². The number of hydrogen-bond acceptors (Lipinski definition) is 6. The summed E-state index contributed by atoms with van der Waals surface area (Å²) in [4.78, 5) is 29.6. The standard InChI is InChI=1S/C22H18BrN5O2/c23-15-8-6-13(7-9-15)19-16(11-24)21(25)28(17-4-1-5-18(29)20(17)19)27-22(30)14-3-2-10-26-12-14/h2-3,6-10,12,19H,1,4-5,25H2,(H,27,30). The summed E-state index contributed by atoms with van der Waals surface area (Å²) in [6, 6.07) is 12.9. The molecule has 0 bridgehead atoms. The van der Waals surface area contributed by atoms with E-state index in [0.29, 0.717) is 36.1 Å². The molecule has 1 aromatic heterocycles. The van der Waals surface area contributed by atoms with Crippen molar-refractivity contribution < 1.29 is 9.59 Å². The fourth-order valence-electron chi connectivity index (χ4n) is 3.87. The number of nitriles is 1. The number of nitrogens with two attached hydrogens (primary N) is 1. The van der Waals surface area contributed by atoms with Gasteiger partial charge >= 0.3 is 0 Å². The first-order valence-electron chi connectivity index (χ1n) is 9.44. The monoisotopic (exact) mass is 463 g/mol. The van der Waals surface area contributed by atoms with Crippen LogP contribution in [0.3, 0.4) is 0 Å². The fraction of sp³-hybridized carbons (Fsp3) is 0.182. The van der Waals surface area contributed by atoms with Crippen LogP contribution in [0, 0.1) is 11.3 Å². The maximum absolute atomic E-state index is 13.0. The molecule has 0 saturated carbocycles. The lowest BCUT2D eigenvalue weighted by molar-refractivity contribution is -0.116. The average molecular weight is 464 g/mol. The molecule has 3 N–H and O–H groups in total. The van der Waals surface area contributed by atoms with Crippen LogP contribution in [0.15, 0.2) is 75.9 Å². The number of pyridine rings is 1. The number of aromatic nitrogens is 1. The molecule has 1 aliphatic heterocycles. The van der Waals surface area contributed by atoms with Crippen molar-refractivity contribution in [2.45, 2.75) is 25.2 Å². The molecule has 4 rings (SSSR count). The van der Waals surface area contributed by atoms with Crippen LogP contribution in [-0.2, 0) is 4.79 Å². The molecule has 8 heteroatoms. The van der Waals surface area contributed by atoms with Crippen LogP contribution < -0.4 is 11.2 Å². The van der Waals surface area contributed by atoms with Crippen LogP contribution in [0.5, 0.6) is 0 Å². The molecule has 30 heavy (non-hydrogen) atoms. The minimum atomic E-state index is -0.558. The van der Waals surface area contributed by atoms with Gasteiger partial charge in [0, 0.05) is 34.6 Å². The third-order valence-corrected chi connectivity index (χ3v) is 5.78. The Morgan fingerprint density at radius 1 is 1.27 bits per heavy atom. The van der Waals surface area contributed by atoms with Gasteiger partial charge in [-0.05, 0) is 42.7 Å². The Morgan fingerprint density at radius 2 is 2.03 bits per heavy atom. The Hall–Kier alpha value is -3.44. The number of Topliss-reactive ketones (excluding diaryl/α,β-unsaturated/α-hetero) is 1. The van der Waals surface area contributed by atoms with E-state index >= 15 is 0 Å². The molecule has 1 aliphatic carbocycles. The summed E-state index contributed by atoms with van der Waals surface area (Å²) in [7, 11) is 0. The van der Waals surface area contributed by atoms with Crippen molar-refractivity contribution in [1.82, 2.24) is 15.4 Å². The highest BCUT2D eigenvalue weighted by Gasteiger charge is 2.40. The molecule has 2 heterocycles. The SMILES string of the molecule is N#CC1=C(N)N(NC(=O)c2cccnc2)C2=C(C(=O)CCC2)C1c1ccc(Br)cc1. The van der Waals surface area contributed by atoms with Crippen molar-refractivity contribution in [3.63, 3.8) is 0 Å². The largest absolute Gasteiger partial charge is 0.383 e. The minimum Gasteiger partial charge on any atom is -0.383 e. The normalized spacial score (nSPS) is 18.7. The number of carbonyl (C=O) groups is 2. The molecular weight excluding hydrogens is 446 g/mol. The molecule has 150 valence electrons. The predicted octanol–water partition coefficient (Wildman–Crippen LogP) is 3.29. The van der Waals surface area contributed by atoms with Gasteiger partial charge < -0.3 is 5.73 Å². The second kappa shape index (κ2) is 8.13. The van der Waals surface area contributed by atoms with E-state index in [1.165, 1.54) is 11.2 Å². The first-order chi connectivity index (χ1) is 14.5. The molecular formula is C22H18BrN5O2. The Kier molecular flexibility index (Phi) is 5.38. The molecule has 0 radical (unpaired) electrons. The maximum Gasteiger partial charge on any atom is 0.271 e. The van der Waals surface area contributed by atoms with E-state index in [0.717, 1.165) is 10.0 Å². The lowest BCUT2D eigenvalue weighted by Crippen LogP contribution is -2.48. The summed E-state index contributed by atoms with van der Waals surface area (Å²) in [5, 5.41) is 11.3. The van der Waals surface area contributed by atoms with E-state index in [-0.39, 0.29) is 17.2 Å². The summed E-state index contributed by atoms with van der Waals surface area (Å²) >= 11 is 3.41. The van der Waals surface area contributed by atoms with Crippen LogP contribution >= 0.6 is 15.9 Å². The number of benzene rings is 1. The zero-order valence-corrected chi connectivity index (χ0v) is 17.5. The first-order valence-corrected chi connectivity index (χ1v) is 10.2. The molecule has 1 unspecified atom stereocenters. The van der Waals surface area contributed by atoms with E-state index in [1.807, 2.05) is 24.3 Å². The Balaban J connectivity index is 1.81. The topological polar surface area (TPSA) is 112 Å². The number of nitrogens with one attached hydrogen (secondary N) is 1. The van der Waals surface area contributed by atoms with E-state index in [9.17, 15) is 14.9 Å². The van der Waals surface area contributed by atoms with Crippen molar-refractivity contribution in [3.05, 3.63) is 87.1 Å². The lowest BCUT2D eigenvalue weighted by Gasteiger charge is -2.39. The summed E-state index contributed by atoms with van der Waals surface area (Å²) < 4.78 is 0.895. The van der Waals surface area contributed by atoms with Crippen LogP contribution in [0.4, 0.5) is 0 Å². The zero-order valence-electron chi connectivity index (χ0n) is 15.9. The van der Waals surface area contributed by atoms with Crippen molar-refractivity contribution in [2.24, 2.45) is 5.73 Å². The summed E-state index contributed by atoms with van der Waals surface area (Å²) in [6.45, 7) is 0. The number of carbonyl (C=O) groups excluding carboxylic acids is 2. The third kappa shape index (κ3) is 3.48. The van der Waals surface area contributed by atoms with E-state index in [2.05, 4.69) is 32.4 Å². The molecule has 0 fully saturated rings. The van der Waals surface area contributed by atoms with Crippen molar-refractivity contribution in [2.75, 3.05) is 0 Å². The number of allylic oxidation sites excluding steroid dienone is 3. The second-order valence-corrected chi connectivity index (χ2v) is 7.97. The van der Waals surface area contributed by atoms with E-state index in [1.54, 1.807) is 18.3 Å². The van der Waals surface area contributed by atoms with Crippen molar-refractivity contribution in [1.29, 1.82) is 5.26 Å². The highest BCUT2D eigenvalue weighted by atomic mass is 79.9. The van der Waals surface area contributed by atoms with Gasteiger partial charge in [-0.1, -0.05) is 28.1 Å². The number of ketones is 1. The van der Waals surface area contributed by atoms with Gasteiger partial charge in [0.2, 0.25) is 0 Å². The molecule has 2 aliphatic rings. The van der Waals surface area contributed by atoms with Crippen LogP contribution in [0.25, 0.3) is 0 Å². The summed E-state index contributed by atoms with van der Waals surface area (Å²) in [5.41, 5.74) is 11.7. The van der Waals surface area contributed by atoms with Gasteiger partial charge in [0.15, 0.2) is 5.78 Å². The molecule has 1 amide bonds. The first kappa shape index (κ1) is 19.9. The number of hydrogen-bond donors (Lipinski definition) is 2. The van der Waals surface area contributed by atoms with Gasteiger partial charge in [-0.3, -0.25) is 20.0 Å². The molecule has 0 spiro atoms. The van der Waals surface area contributed by atoms with Gasteiger partial charge in [0.1, 0.15) is 5.82 Å². The Morgan fingerprint density at radius 3 is 2.70 bits per heavy atom. The van der Waals surface area contributed by atoms with Gasteiger partial charge in [-0.15, -0.1) is 0 Å². The van der Waals surface area contributed by atoms with Crippen molar-refractivity contribution in [3.8, 4) is 6.07 Å². The smallest absolute Gasteiger partial charge is 0.271 e. The summed E-state index contributed by atoms with van der Waals surface area (Å²) in [6.07, 6.45) is 4.63. The number of hydrazine groups is 1. The molecule has 2 aromatic rings. The Labute approximate surface area is 182 Å². The fourth-order valence-corrected chi connectivity index (χ4v) is 4.13. The summed E-state index contributed by atoms with van der Waals surface area (Å²) in [5.74, 6) is -0.895.